The van der Waals surface area contributed by atoms with Gasteiger partial charge in [-0.2, -0.15) is 0 Å². The highest BCUT2D eigenvalue weighted by molar-refractivity contribution is 5.89. The summed E-state index contributed by atoms with van der Waals surface area (Å²) in [5.74, 6) is 0.513. The first-order valence-electron chi connectivity index (χ1n) is 7.39. The van der Waals surface area contributed by atoms with Crippen LogP contribution in [0.4, 0.5) is 10.5 Å². The Morgan fingerprint density at radius 3 is 2.73 bits per heavy atom. The Labute approximate surface area is 131 Å². The smallest absolute Gasteiger partial charge is 0.319 e. The fraction of sp³-hybridized carbons (Fsp3) is 0.600. The van der Waals surface area contributed by atoms with Crippen molar-refractivity contribution in [3.05, 3.63) is 18.3 Å². The maximum atomic E-state index is 12.0. The van der Waals surface area contributed by atoms with Gasteiger partial charge in [-0.25, -0.2) is 9.78 Å². The third-order valence-electron chi connectivity index (χ3n) is 3.75. The number of nitrogens with one attached hydrogen (secondary N) is 2. The van der Waals surface area contributed by atoms with Crippen molar-refractivity contribution >= 4 is 11.7 Å². The third kappa shape index (κ3) is 4.57. The minimum atomic E-state index is -0.242. The first kappa shape index (κ1) is 16.5. The van der Waals surface area contributed by atoms with Crippen molar-refractivity contribution in [3.8, 4) is 5.88 Å². The Morgan fingerprint density at radius 2 is 2.14 bits per heavy atom. The summed E-state index contributed by atoms with van der Waals surface area (Å²) in [7, 11) is 1.55. The number of pyridine rings is 1. The zero-order valence-corrected chi connectivity index (χ0v) is 13.4. The van der Waals surface area contributed by atoms with Crippen LogP contribution < -0.4 is 15.4 Å². The van der Waals surface area contributed by atoms with E-state index in [-0.39, 0.29) is 11.6 Å². The Kier molecular flexibility index (Phi) is 5.57. The second-order valence-electron chi connectivity index (χ2n) is 5.81. The third-order valence-corrected chi connectivity index (χ3v) is 3.75. The van der Waals surface area contributed by atoms with Gasteiger partial charge in [-0.1, -0.05) is 0 Å². The summed E-state index contributed by atoms with van der Waals surface area (Å²) in [4.78, 5) is 18.3. The second kappa shape index (κ2) is 7.42. The summed E-state index contributed by atoms with van der Waals surface area (Å²) in [6.45, 7) is 8.06. The average molecular weight is 308 g/mol. The van der Waals surface area contributed by atoms with Gasteiger partial charge in [0.05, 0.1) is 32.2 Å². The quantitative estimate of drug-likeness (QED) is 0.858. The zero-order valence-electron chi connectivity index (χ0n) is 13.4. The number of carbonyl (C=O) groups excluding carboxylic acids is 1. The molecule has 2 N–H and O–H groups in total. The molecule has 0 radical (unpaired) electrons. The van der Waals surface area contributed by atoms with Crippen LogP contribution in [0.15, 0.2) is 18.3 Å². The molecule has 7 heteroatoms. The molecule has 2 amide bonds. The van der Waals surface area contributed by atoms with E-state index in [9.17, 15) is 4.79 Å². The number of anilines is 1. The van der Waals surface area contributed by atoms with E-state index in [2.05, 4.69) is 34.4 Å². The number of carbonyl (C=O) groups is 1. The molecule has 1 aliphatic heterocycles. The maximum absolute atomic E-state index is 12.0. The molecule has 1 aliphatic rings. The van der Waals surface area contributed by atoms with Gasteiger partial charge >= 0.3 is 6.03 Å². The van der Waals surface area contributed by atoms with Crippen LogP contribution in [0.25, 0.3) is 0 Å². The number of methoxy groups -OCH3 is 1. The van der Waals surface area contributed by atoms with Gasteiger partial charge in [0.2, 0.25) is 5.88 Å². The lowest BCUT2D eigenvalue weighted by Crippen LogP contribution is -2.55. The molecule has 0 unspecified atom stereocenters. The first-order valence-corrected chi connectivity index (χ1v) is 7.39. The van der Waals surface area contributed by atoms with Crippen LogP contribution in [0.1, 0.15) is 13.8 Å². The number of rotatable bonds is 5. The highest BCUT2D eigenvalue weighted by Gasteiger charge is 2.28. The van der Waals surface area contributed by atoms with E-state index >= 15 is 0 Å². The lowest BCUT2D eigenvalue weighted by Gasteiger charge is -2.40. The minimum absolute atomic E-state index is 0.112. The fourth-order valence-corrected chi connectivity index (χ4v) is 2.33. The van der Waals surface area contributed by atoms with Crippen LogP contribution >= 0.6 is 0 Å². The van der Waals surface area contributed by atoms with E-state index in [0.29, 0.717) is 18.1 Å². The van der Waals surface area contributed by atoms with Crippen LogP contribution in [0, 0.1) is 0 Å². The molecule has 1 saturated heterocycles. The normalized spacial score (nSPS) is 16.1. The van der Waals surface area contributed by atoms with Crippen molar-refractivity contribution in [1.29, 1.82) is 0 Å². The molecule has 0 spiro atoms. The predicted molar refractivity (Wildman–Crippen MR) is 84.3 cm³/mol. The first-order chi connectivity index (χ1) is 10.5. The molecule has 122 valence electrons. The SMILES string of the molecule is COc1ccc(NC(=O)NCC(C)(C)N2CCOCC2)cn1. The highest BCUT2D eigenvalue weighted by atomic mass is 16.5. The van der Waals surface area contributed by atoms with Gasteiger partial charge in [0.25, 0.3) is 0 Å². The minimum Gasteiger partial charge on any atom is -0.481 e. The standard InChI is InChI=1S/C15H24N4O3/c1-15(2,19-6-8-22-9-7-19)11-17-14(20)18-12-4-5-13(21-3)16-10-12/h4-5,10H,6-9,11H2,1-3H3,(H2,17,18,20). The molecule has 1 aromatic rings. The van der Waals surface area contributed by atoms with Gasteiger partial charge in [-0.3, -0.25) is 4.90 Å². The zero-order chi connectivity index (χ0) is 16.0. The monoisotopic (exact) mass is 308 g/mol. The molecule has 0 aromatic carbocycles. The molecule has 1 fully saturated rings. The van der Waals surface area contributed by atoms with E-state index in [0.717, 1.165) is 26.3 Å². The largest absolute Gasteiger partial charge is 0.481 e. The van der Waals surface area contributed by atoms with Crippen LogP contribution in [-0.4, -0.2) is 61.4 Å². The van der Waals surface area contributed by atoms with E-state index in [1.165, 1.54) is 0 Å². The number of urea groups is 1. The summed E-state index contributed by atoms with van der Waals surface area (Å²) < 4.78 is 10.3. The van der Waals surface area contributed by atoms with Crippen molar-refractivity contribution in [2.45, 2.75) is 19.4 Å². The van der Waals surface area contributed by atoms with Crippen molar-refractivity contribution in [2.75, 3.05) is 45.3 Å². The van der Waals surface area contributed by atoms with Crippen LogP contribution in [-0.2, 0) is 4.74 Å². The van der Waals surface area contributed by atoms with Gasteiger partial charge in [-0.15, -0.1) is 0 Å². The van der Waals surface area contributed by atoms with E-state index < -0.39 is 0 Å². The van der Waals surface area contributed by atoms with E-state index in [1.54, 1.807) is 25.4 Å². The van der Waals surface area contributed by atoms with Crippen LogP contribution in [0.5, 0.6) is 5.88 Å². The molecule has 7 nitrogen and oxygen atoms in total. The molecule has 0 saturated carbocycles. The van der Waals surface area contributed by atoms with Gasteiger partial charge < -0.3 is 20.1 Å². The summed E-state index contributed by atoms with van der Waals surface area (Å²) in [6.07, 6.45) is 1.56. The summed E-state index contributed by atoms with van der Waals surface area (Å²) in [5, 5.41) is 5.66. The summed E-state index contributed by atoms with van der Waals surface area (Å²) in [6, 6.07) is 3.21. The molecular formula is C15H24N4O3. The molecule has 0 atom stereocenters. The van der Waals surface area contributed by atoms with Gasteiger partial charge in [0, 0.05) is 31.2 Å². The average Bonchev–Trinajstić information content (AvgIpc) is 2.55. The second-order valence-corrected chi connectivity index (χ2v) is 5.81. The number of ether oxygens (including phenoxy) is 2. The fourth-order valence-electron chi connectivity index (χ4n) is 2.33. The number of aromatic nitrogens is 1. The molecule has 2 rings (SSSR count). The van der Waals surface area contributed by atoms with E-state index in [1.807, 2.05) is 0 Å². The number of amides is 2. The van der Waals surface area contributed by atoms with Crippen molar-refractivity contribution in [1.82, 2.24) is 15.2 Å². The number of nitrogens with zero attached hydrogens (tertiary/aromatic N) is 2. The van der Waals surface area contributed by atoms with Gasteiger partial charge in [-0.05, 0) is 19.9 Å². The van der Waals surface area contributed by atoms with Crippen LogP contribution in [0.2, 0.25) is 0 Å². The van der Waals surface area contributed by atoms with Crippen molar-refractivity contribution in [2.24, 2.45) is 0 Å². The van der Waals surface area contributed by atoms with Crippen molar-refractivity contribution < 1.29 is 14.3 Å². The van der Waals surface area contributed by atoms with Crippen LogP contribution in [0.3, 0.4) is 0 Å². The Balaban J connectivity index is 1.80. The Hall–Kier alpha value is -1.86. The maximum Gasteiger partial charge on any atom is 0.319 e. The summed E-state index contributed by atoms with van der Waals surface area (Å²) >= 11 is 0. The van der Waals surface area contributed by atoms with Crippen molar-refractivity contribution in [3.63, 3.8) is 0 Å². The highest BCUT2D eigenvalue weighted by Crippen LogP contribution is 2.15. The lowest BCUT2D eigenvalue weighted by molar-refractivity contribution is -0.00863. The number of hydrogen-bond donors (Lipinski definition) is 2. The topological polar surface area (TPSA) is 75.7 Å². The molecule has 0 aliphatic carbocycles. The Morgan fingerprint density at radius 1 is 1.41 bits per heavy atom. The Bertz CT molecular complexity index is 484. The predicted octanol–water partition coefficient (Wildman–Crippen LogP) is 1.32. The molecule has 22 heavy (non-hydrogen) atoms. The molecule has 0 bridgehead atoms. The number of morpholine rings is 1. The summed E-state index contributed by atoms with van der Waals surface area (Å²) in [5.41, 5.74) is 0.515. The number of hydrogen-bond acceptors (Lipinski definition) is 5. The molecule has 1 aromatic heterocycles. The van der Waals surface area contributed by atoms with Gasteiger partial charge in [0.1, 0.15) is 0 Å². The molecule has 2 heterocycles. The van der Waals surface area contributed by atoms with E-state index in [4.69, 9.17) is 9.47 Å². The lowest BCUT2D eigenvalue weighted by atomic mass is 10.0. The molecular weight excluding hydrogens is 284 g/mol. The van der Waals surface area contributed by atoms with Gasteiger partial charge in [0.15, 0.2) is 0 Å².